The monoisotopic (exact) mass is 715 g/mol. The SMILES string of the molecule is CC(C)(C)OC(=O)N[C@@H](C(=O)N[C@@H]1C(=O)N2C(C(=S)OC(c3ccccc3)c3ccccc3)=C(c3nncs3)CS[C@H]12)c1ccc(O)cc1. The van der Waals surface area contributed by atoms with E-state index >= 15 is 0 Å². The minimum absolute atomic E-state index is 0.00546. The van der Waals surface area contributed by atoms with E-state index in [-0.39, 0.29) is 10.8 Å². The van der Waals surface area contributed by atoms with Crippen LogP contribution in [0.15, 0.2) is 96.1 Å². The number of carbonyl (C=O) groups excluding carboxylic acids is 3. The molecule has 2 aliphatic rings. The van der Waals surface area contributed by atoms with Crippen molar-refractivity contribution >= 4 is 63.8 Å². The number of phenolic OH excluding ortho intramolecular Hbond substituents is 1. The Morgan fingerprint density at radius 3 is 2.18 bits per heavy atom. The molecule has 0 spiro atoms. The van der Waals surface area contributed by atoms with Crippen LogP contribution in [-0.2, 0) is 19.1 Å². The second-order valence-corrected chi connectivity index (χ2v) is 14.6. The number of ether oxygens (including phenoxy) is 2. The standard InChI is InChI=1S/C35H33N5O6S3/c1-35(2,3)46-34(44)38-25(20-14-16-23(41)17-15-20)29(42)37-26-31(43)40-27(24(18-48-32(26)40)30-39-36-19-49-30)33(47)45-28(21-10-6-4-7-11-21)22-12-8-5-9-13-22/h4-17,19,25-26,28,32,41H,18H2,1-3H3,(H,37,42)(H,38,44)/t25-,26-,32-/m1/s1. The fraction of sp³-hybridized carbons (Fsp3) is 0.257. The van der Waals surface area contributed by atoms with Crippen LogP contribution in [0.3, 0.4) is 0 Å². The zero-order valence-corrected chi connectivity index (χ0v) is 29.2. The highest BCUT2D eigenvalue weighted by molar-refractivity contribution is 8.00. The van der Waals surface area contributed by atoms with Gasteiger partial charge in [-0.1, -0.05) is 72.8 Å². The van der Waals surface area contributed by atoms with E-state index in [0.717, 1.165) is 11.1 Å². The molecule has 0 aliphatic carbocycles. The van der Waals surface area contributed by atoms with Crippen LogP contribution in [0.25, 0.3) is 5.57 Å². The van der Waals surface area contributed by atoms with E-state index in [0.29, 0.717) is 27.6 Å². The summed E-state index contributed by atoms with van der Waals surface area (Å²) >= 11 is 8.73. The molecule has 252 valence electrons. The molecular formula is C35H33N5O6S3. The van der Waals surface area contributed by atoms with Crippen molar-refractivity contribution in [3.05, 3.63) is 118 Å². The number of hydrogen-bond donors (Lipinski definition) is 3. The molecular weight excluding hydrogens is 683 g/mol. The maximum atomic E-state index is 14.0. The number of rotatable bonds is 9. The van der Waals surface area contributed by atoms with Crippen molar-refractivity contribution in [2.45, 2.75) is 49.9 Å². The molecule has 0 unspecified atom stereocenters. The molecule has 0 saturated carbocycles. The molecule has 0 radical (unpaired) electrons. The normalized spacial score (nSPS) is 17.9. The number of hydrogen-bond acceptors (Lipinski definition) is 11. The van der Waals surface area contributed by atoms with Crippen LogP contribution in [-0.4, -0.2) is 65.9 Å². The smallest absolute Gasteiger partial charge is 0.408 e. The Hall–Kier alpha value is -4.79. The predicted octanol–water partition coefficient (Wildman–Crippen LogP) is 5.75. The quantitative estimate of drug-likeness (QED) is 0.145. The summed E-state index contributed by atoms with van der Waals surface area (Å²) in [5, 5.41) is 23.7. The number of phenols is 1. The third kappa shape index (κ3) is 7.61. The fourth-order valence-electron chi connectivity index (χ4n) is 5.45. The van der Waals surface area contributed by atoms with Crippen molar-refractivity contribution in [2.75, 3.05) is 5.75 Å². The van der Waals surface area contributed by atoms with Gasteiger partial charge in [0.05, 0.1) is 0 Å². The Kier molecular flexibility index (Phi) is 9.99. The van der Waals surface area contributed by atoms with Crippen molar-refractivity contribution < 1.29 is 29.0 Å². The minimum Gasteiger partial charge on any atom is -0.508 e. The summed E-state index contributed by atoms with van der Waals surface area (Å²) in [6, 6.07) is 23.1. The first kappa shape index (κ1) is 34.1. The van der Waals surface area contributed by atoms with Crippen molar-refractivity contribution in [1.29, 1.82) is 0 Å². The number of alkyl carbamates (subject to hydrolysis) is 1. The van der Waals surface area contributed by atoms with Crippen molar-refractivity contribution in [3.63, 3.8) is 0 Å². The molecule has 1 saturated heterocycles. The average molecular weight is 716 g/mol. The lowest BCUT2D eigenvalue weighted by atomic mass is 10.00. The second kappa shape index (κ2) is 14.4. The Morgan fingerprint density at radius 1 is 0.980 bits per heavy atom. The number of carbonyl (C=O) groups is 3. The van der Waals surface area contributed by atoms with Crippen LogP contribution in [0.1, 0.15) is 54.6 Å². The summed E-state index contributed by atoms with van der Waals surface area (Å²) in [4.78, 5) is 42.0. The Morgan fingerprint density at radius 2 is 1.61 bits per heavy atom. The Bertz CT molecular complexity index is 1830. The van der Waals surface area contributed by atoms with E-state index in [1.54, 1.807) is 31.2 Å². The topological polar surface area (TPSA) is 143 Å². The molecule has 49 heavy (non-hydrogen) atoms. The largest absolute Gasteiger partial charge is 0.508 e. The molecule has 3 amide bonds. The Labute approximate surface area is 296 Å². The summed E-state index contributed by atoms with van der Waals surface area (Å²) in [6.45, 7) is 5.13. The van der Waals surface area contributed by atoms with Gasteiger partial charge in [0.15, 0.2) is 0 Å². The van der Waals surface area contributed by atoms with Gasteiger partial charge in [-0.25, -0.2) is 4.79 Å². The lowest BCUT2D eigenvalue weighted by molar-refractivity contribution is -0.145. The highest BCUT2D eigenvalue weighted by Crippen LogP contribution is 2.45. The molecule has 3 heterocycles. The molecule has 3 N–H and O–H groups in total. The van der Waals surface area contributed by atoms with E-state index in [4.69, 9.17) is 21.7 Å². The van der Waals surface area contributed by atoms with Gasteiger partial charge in [0.1, 0.15) is 51.1 Å². The van der Waals surface area contributed by atoms with Crippen molar-refractivity contribution in [1.82, 2.24) is 25.7 Å². The predicted molar refractivity (Wildman–Crippen MR) is 190 cm³/mol. The van der Waals surface area contributed by atoms with E-state index in [9.17, 15) is 19.5 Å². The first-order valence-corrected chi connectivity index (χ1v) is 17.7. The first-order valence-electron chi connectivity index (χ1n) is 15.3. The third-order valence-electron chi connectivity index (χ3n) is 7.66. The molecule has 14 heteroatoms. The third-order valence-corrected chi connectivity index (χ3v) is 9.98. The zero-order valence-electron chi connectivity index (χ0n) is 26.7. The van der Waals surface area contributed by atoms with Gasteiger partial charge in [-0.05, 0) is 61.8 Å². The number of benzene rings is 3. The lowest BCUT2D eigenvalue weighted by Crippen LogP contribution is -2.71. The molecule has 1 aromatic heterocycles. The first-order chi connectivity index (χ1) is 23.5. The van der Waals surface area contributed by atoms with E-state index in [2.05, 4.69) is 20.8 Å². The fourth-order valence-corrected chi connectivity index (χ4v) is 7.81. The lowest BCUT2D eigenvalue weighted by Gasteiger charge is -2.50. The summed E-state index contributed by atoms with van der Waals surface area (Å²) < 4.78 is 12.0. The molecule has 4 aromatic rings. The highest BCUT2D eigenvalue weighted by atomic mass is 32.2. The van der Waals surface area contributed by atoms with Crippen LogP contribution in [0.4, 0.5) is 4.79 Å². The number of aromatic hydroxyl groups is 1. The van der Waals surface area contributed by atoms with Crippen LogP contribution in [0, 0.1) is 0 Å². The molecule has 1 fully saturated rings. The van der Waals surface area contributed by atoms with Gasteiger partial charge in [-0.15, -0.1) is 33.3 Å². The van der Waals surface area contributed by atoms with E-state index < -0.39 is 47.1 Å². The number of amides is 3. The summed E-state index contributed by atoms with van der Waals surface area (Å²) in [7, 11) is 0. The minimum atomic E-state index is -1.21. The van der Waals surface area contributed by atoms with Crippen molar-refractivity contribution in [2.24, 2.45) is 0 Å². The number of nitrogens with zero attached hydrogens (tertiary/aromatic N) is 3. The molecule has 3 atom stereocenters. The molecule has 11 nitrogen and oxygen atoms in total. The molecule has 3 aromatic carbocycles. The van der Waals surface area contributed by atoms with Crippen LogP contribution >= 0.6 is 35.3 Å². The summed E-state index contributed by atoms with van der Waals surface area (Å²) in [5.41, 5.74) is 4.08. The number of β-lactam (4-membered cyclic amide) rings is 1. The van der Waals surface area contributed by atoms with Gasteiger partial charge in [0, 0.05) is 11.3 Å². The van der Waals surface area contributed by atoms with Gasteiger partial charge in [-0.3, -0.25) is 14.5 Å². The molecule has 2 aliphatic heterocycles. The highest BCUT2D eigenvalue weighted by Gasteiger charge is 2.54. The van der Waals surface area contributed by atoms with Gasteiger partial charge in [0.2, 0.25) is 11.0 Å². The Balaban J connectivity index is 1.27. The zero-order chi connectivity index (χ0) is 34.7. The van der Waals surface area contributed by atoms with E-state index in [1.165, 1.54) is 47.4 Å². The van der Waals surface area contributed by atoms with Crippen LogP contribution in [0.2, 0.25) is 0 Å². The van der Waals surface area contributed by atoms with Gasteiger partial charge < -0.3 is 25.2 Å². The summed E-state index contributed by atoms with van der Waals surface area (Å²) in [6.07, 6.45) is -1.36. The van der Waals surface area contributed by atoms with Crippen LogP contribution < -0.4 is 10.6 Å². The number of fused-ring (bicyclic) bond motifs is 1. The summed E-state index contributed by atoms with van der Waals surface area (Å²) in [5.74, 6) is -0.601. The number of thioether (sulfide) groups is 1. The van der Waals surface area contributed by atoms with Gasteiger partial charge >= 0.3 is 6.09 Å². The van der Waals surface area contributed by atoms with Crippen molar-refractivity contribution in [3.8, 4) is 5.75 Å². The van der Waals surface area contributed by atoms with Crippen LogP contribution in [0.5, 0.6) is 5.75 Å². The average Bonchev–Trinajstić information content (AvgIpc) is 3.63. The maximum absolute atomic E-state index is 14.0. The maximum Gasteiger partial charge on any atom is 0.408 e. The number of thiocarbonyl (C=S) groups is 1. The molecule has 6 rings (SSSR count). The van der Waals surface area contributed by atoms with Gasteiger partial charge in [-0.2, -0.15) is 0 Å². The molecule has 0 bridgehead atoms. The number of nitrogens with one attached hydrogen (secondary N) is 2. The van der Waals surface area contributed by atoms with Gasteiger partial charge in [0.25, 0.3) is 5.91 Å². The van der Waals surface area contributed by atoms with E-state index in [1.807, 2.05) is 60.7 Å². The number of aromatic nitrogens is 2. The second-order valence-electron chi connectivity index (χ2n) is 12.2.